The Morgan fingerprint density at radius 1 is 1.35 bits per heavy atom. The average Bonchev–Trinajstić information content (AvgIpc) is 2.27. The number of alkyl halides is 2. The fourth-order valence-electron chi connectivity index (χ4n) is 2.06. The number of amides is 1. The van der Waals surface area contributed by atoms with Gasteiger partial charge in [0.2, 0.25) is 0 Å². The molecular weight excluding hydrogens is 231 g/mol. The van der Waals surface area contributed by atoms with Crippen LogP contribution in [-0.4, -0.2) is 18.3 Å². The number of piperidine rings is 1. The van der Waals surface area contributed by atoms with Gasteiger partial charge in [-0.15, -0.1) is 0 Å². The molecule has 1 saturated heterocycles. The summed E-state index contributed by atoms with van der Waals surface area (Å²) in [6, 6.07) is 5.59. The van der Waals surface area contributed by atoms with Crippen LogP contribution in [0.4, 0.5) is 13.2 Å². The summed E-state index contributed by atoms with van der Waals surface area (Å²) in [5.74, 6) is -1.51. The first kappa shape index (κ1) is 12.0. The highest BCUT2D eigenvalue weighted by atomic mass is 19.1. The summed E-state index contributed by atoms with van der Waals surface area (Å²) < 4.78 is 40.5. The summed E-state index contributed by atoms with van der Waals surface area (Å²) in [5.41, 5.74) is -1.47. The van der Waals surface area contributed by atoms with Gasteiger partial charge in [0.15, 0.2) is 6.17 Å². The SMILES string of the molecule is CC1(c2ccccc2F)NC(=O)C(F)CC1F. The Kier molecular flexibility index (Phi) is 2.85. The topological polar surface area (TPSA) is 29.1 Å². The summed E-state index contributed by atoms with van der Waals surface area (Å²) in [5, 5.41) is 2.22. The van der Waals surface area contributed by atoms with Crippen molar-refractivity contribution in [3.05, 3.63) is 35.6 Å². The molecule has 1 aromatic rings. The molecule has 0 bridgehead atoms. The highest BCUT2D eigenvalue weighted by molar-refractivity contribution is 5.82. The van der Waals surface area contributed by atoms with E-state index < -0.39 is 36.0 Å². The van der Waals surface area contributed by atoms with Gasteiger partial charge in [0.1, 0.15) is 12.0 Å². The normalized spacial score (nSPS) is 33.3. The fraction of sp³-hybridized carbons (Fsp3) is 0.417. The Hall–Kier alpha value is -1.52. The van der Waals surface area contributed by atoms with E-state index in [4.69, 9.17) is 0 Å². The molecule has 1 heterocycles. The van der Waals surface area contributed by atoms with Crippen LogP contribution >= 0.6 is 0 Å². The maximum Gasteiger partial charge on any atom is 0.255 e. The molecule has 5 heteroatoms. The number of hydrogen-bond donors (Lipinski definition) is 1. The van der Waals surface area contributed by atoms with E-state index in [9.17, 15) is 18.0 Å². The molecule has 3 unspecified atom stereocenters. The summed E-state index contributed by atoms with van der Waals surface area (Å²) in [6.07, 6.45) is -4.08. The highest BCUT2D eigenvalue weighted by Gasteiger charge is 2.46. The van der Waals surface area contributed by atoms with Gasteiger partial charge in [-0.05, 0) is 13.0 Å². The summed E-state index contributed by atoms with van der Waals surface area (Å²) in [7, 11) is 0. The number of nitrogens with one attached hydrogen (secondary N) is 1. The van der Waals surface area contributed by atoms with Crippen LogP contribution in [0.3, 0.4) is 0 Å². The van der Waals surface area contributed by atoms with Crippen molar-refractivity contribution in [3.8, 4) is 0 Å². The van der Waals surface area contributed by atoms with Crippen molar-refractivity contribution in [3.63, 3.8) is 0 Å². The van der Waals surface area contributed by atoms with Crippen molar-refractivity contribution in [2.75, 3.05) is 0 Å². The lowest BCUT2D eigenvalue weighted by Crippen LogP contribution is -2.58. The van der Waals surface area contributed by atoms with Crippen LogP contribution < -0.4 is 5.32 Å². The fourth-order valence-corrected chi connectivity index (χ4v) is 2.06. The molecule has 2 nitrogen and oxygen atoms in total. The van der Waals surface area contributed by atoms with Crippen molar-refractivity contribution in [2.45, 2.75) is 31.2 Å². The molecule has 1 amide bonds. The summed E-state index contributed by atoms with van der Waals surface area (Å²) in [6.45, 7) is 1.36. The first-order valence-electron chi connectivity index (χ1n) is 5.30. The number of rotatable bonds is 1. The van der Waals surface area contributed by atoms with Gasteiger partial charge in [0, 0.05) is 12.0 Å². The molecule has 1 aliphatic heterocycles. The molecule has 0 radical (unpaired) electrons. The largest absolute Gasteiger partial charge is 0.341 e. The first-order valence-corrected chi connectivity index (χ1v) is 5.30. The zero-order valence-corrected chi connectivity index (χ0v) is 9.21. The predicted octanol–water partition coefficient (Wildman–Crippen LogP) is 2.24. The molecule has 1 fully saturated rings. The van der Waals surface area contributed by atoms with Crippen molar-refractivity contribution < 1.29 is 18.0 Å². The van der Waals surface area contributed by atoms with E-state index >= 15 is 0 Å². The molecule has 1 N–H and O–H groups in total. The Balaban J connectivity index is 2.42. The van der Waals surface area contributed by atoms with Crippen LogP contribution in [0.15, 0.2) is 24.3 Å². The molecule has 3 atom stereocenters. The Bertz CT molecular complexity index is 451. The van der Waals surface area contributed by atoms with Gasteiger partial charge in [-0.1, -0.05) is 18.2 Å². The summed E-state index contributed by atoms with van der Waals surface area (Å²) >= 11 is 0. The minimum absolute atomic E-state index is 0.0350. The Morgan fingerprint density at radius 2 is 2.00 bits per heavy atom. The smallest absolute Gasteiger partial charge is 0.255 e. The molecule has 0 aromatic heterocycles. The predicted molar refractivity (Wildman–Crippen MR) is 56.3 cm³/mol. The molecule has 2 rings (SSSR count). The number of benzene rings is 1. The number of hydrogen-bond acceptors (Lipinski definition) is 1. The molecule has 1 aliphatic rings. The second-order valence-corrected chi connectivity index (χ2v) is 4.34. The lowest BCUT2D eigenvalue weighted by atomic mass is 9.81. The van der Waals surface area contributed by atoms with Crippen LogP contribution in [-0.2, 0) is 10.3 Å². The molecule has 92 valence electrons. The third-order valence-corrected chi connectivity index (χ3v) is 3.14. The maximum absolute atomic E-state index is 13.9. The zero-order valence-electron chi connectivity index (χ0n) is 9.21. The molecule has 1 aromatic carbocycles. The van der Waals surface area contributed by atoms with Gasteiger partial charge in [0.25, 0.3) is 5.91 Å². The van der Waals surface area contributed by atoms with Gasteiger partial charge in [-0.25, -0.2) is 13.2 Å². The monoisotopic (exact) mass is 243 g/mol. The minimum atomic E-state index is -1.87. The number of halogens is 3. The van der Waals surface area contributed by atoms with E-state index in [0.717, 1.165) is 0 Å². The Labute approximate surface area is 96.8 Å². The third kappa shape index (κ3) is 1.90. The van der Waals surface area contributed by atoms with Gasteiger partial charge in [0.05, 0.1) is 5.54 Å². The molecule has 0 saturated carbocycles. The Morgan fingerprint density at radius 3 is 2.65 bits per heavy atom. The zero-order chi connectivity index (χ0) is 12.6. The van der Waals surface area contributed by atoms with Crippen LogP contribution in [0.5, 0.6) is 0 Å². The third-order valence-electron chi connectivity index (χ3n) is 3.14. The highest BCUT2D eigenvalue weighted by Crippen LogP contribution is 2.35. The number of carbonyl (C=O) groups is 1. The van der Waals surface area contributed by atoms with E-state index in [1.54, 1.807) is 6.07 Å². The first-order chi connectivity index (χ1) is 7.95. The molecule has 0 spiro atoms. The molecule has 0 aliphatic carbocycles. The van der Waals surface area contributed by atoms with E-state index in [-0.39, 0.29) is 5.56 Å². The second-order valence-electron chi connectivity index (χ2n) is 4.34. The van der Waals surface area contributed by atoms with Gasteiger partial charge in [-0.2, -0.15) is 0 Å². The lowest BCUT2D eigenvalue weighted by molar-refractivity contribution is -0.134. The van der Waals surface area contributed by atoms with Crippen LogP contribution in [0, 0.1) is 5.82 Å². The van der Waals surface area contributed by atoms with Crippen LogP contribution in [0.2, 0.25) is 0 Å². The number of carbonyl (C=O) groups excluding carboxylic acids is 1. The van der Waals surface area contributed by atoms with Crippen molar-refractivity contribution in [1.29, 1.82) is 0 Å². The second kappa shape index (κ2) is 4.05. The quantitative estimate of drug-likeness (QED) is 0.805. The van der Waals surface area contributed by atoms with Crippen molar-refractivity contribution in [1.82, 2.24) is 5.32 Å². The van der Waals surface area contributed by atoms with Gasteiger partial charge >= 0.3 is 0 Å². The van der Waals surface area contributed by atoms with E-state index in [1.165, 1.54) is 25.1 Å². The van der Waals surface area contributed by atoms with E-state index in [0.29, 0.717) is 0 Å². The molecular formula is C12H12F3NO. The lowest BCUT2D eigenvalue weighted by Gasteiger charge is -2.39. The average molecular weight is 243 g/mol. The van der Waals surface area contributed by atoms with Crippen LogP contribution in [0.1, 0.15) is 18.9 Å². The minimum Gasteiger partial charge on any atom is -0.341 e. The van der Waals surface area contributed by atoms with E-state index in [2.05, 4.69) is 5.32 Å². The standard InChI is InChI=1S/C12H12F3NO/c1-12(7-4-2-3-5-8(7)13)10(15)6-9(14)11(17)16-12/h2-5,9-10H,6H2,1H3,(H,16,17). The van der Waals surface area contributed by atoms with Gasteiger partial charge < -0.3 is 5.32 Å². The van der Waals surface area contributed by atoms with Gasteiger partial charge in [-0.3, -0.25) is 4.79 Å². The van der Waals surface area contributed by atoms with Crippen LogP contribution in [0.25, 0.3) is 0 Å². The van der Waals surface area contributed by atoms with E-state index in [1.807, 2.05) is 0 Å². The summed E-state index contributed by atoms with van der Waals surface area (Å²) in [4.78, 5) is 11.3. The maximum atomic E-state index is 13.9. The van der Waals surface area contributed by atoms with Crippen molar-refractivity contribution in [2.24, 2.45) is 0 Å². The molecule has 17 heavy (non-hydrogen) atoms. The van der Waals surface area contributed by atoms with Crippen molar-refractivity contribution >= 4 is 5.91 Å².